The minimum atomic E-state index is -0.0895. The minimum absolute atomic E-state index is 0.0895. The van der Waals surface area contributed by atoms with Gasteiger partial charge in [-0.3, -0.25) is 4.79 Å². The maximum absolute atomic E-state index is 11.9. The SMILES string of the molecule is CC(C)OCCN(C)C(=O)c1csc(CN)n1. The van der Waals surface area contributed by atoms with Crippen LogP contribution >= 0.6 is 11.3 Å². The smallest absolute Gasteiger partial charge is 0.273 e. The number of hydrogen-bond donors (Lipinski definition) is 1. The van der Waals surface area contributed by atoms with Crippen LogP contribution in [0.5, 0.6) is 0 Å². The fraction of sp³-hybridized carbons (Fsp3) is 0.636. The zero-order valence-electron chi connectivity index (χ0n) is 10.5. The van der Waals surface area contributed by atoms with Gasteiger partial charge in [-0.25, -0.2) is 4.98 Å². The Balaban J connectivity index is 2.46. The van der Waals surface area contributed by atoms with E-state index in [4.69, 9.17) is 10.5 Å². The molecule has 5 nitrogen and oxygen atoms in total. The highest BCUT2D eigenvalue weighted by atomic mass is 32.1. The third-order valence-corrected chi connectivity index (χ3v) is 3.04. The van der Waals surface area contributed by atoms with Crippen molar-refractivity contribution in [1.82, 2.24) is 9.88 Å². The molecule has 1 aromatic rings. The highest BCUT2D eigenvalue weighted by Gasteiger charge is 2.14. The average Bonchev–Trinajstić information content (AvgIpc) is 2.75. The summed E-state index contributed by atoms with van der Waals surface area (Å²) in [5, 5.41) is 2.52. The van der Waals surface area contributed by atoms with E-state index < -0.39 is 0 Å². The lowest BCUT2D eigenvalue weighted by atomic mass is 10.4. The Morgan fingerprint density at radius 1 is 1.65 bits per heavy atom. The van der Waals surface area contributed by atoms with Crippen molar-refractivity contribution in [3.63, 3.8) is 0 Å². The Morgan fingerprint density at radius 2 is 2.35 bits per heavy atom. The number of rotatable bonds is 6. The van der Waals surface area contributed by atoms with Crippen molar-refractivity contribution in [2.45, 2.75) is 26.5 Å². The number of ether oxygens (including phenoxy) is 1. The Morgan fingerprint density at radius 3 is 2.88 bits per heavy atom. The predicted octanol–water partition coefficient (Wildman–Crippen LogP) is 1.10. The van der Waals surface area contributed by atoms with Gasteiger partial charge < -0.3 is 15.4 Å². The van der Waals surface area contributed by atoms with Crippen LogP contribution in [0.3, 0.4) is 0 Å². The molecule has 1 amide bonds. The van der Waals surface area contributed by atoms with E-state index in [2.05, 4.69) is 4.98 Å². The molecule has 1 heterocycles. The van der Waals surface area contributed by atoms with Gasteiger partial charge in [0.05, 0.1) is 12.7 Å². The van der Waals surface area contributed by atoms with Gasteiger partial charge in [-0.1, -0.05) is 0 Å². The second-order valence-corrected chi connectivity index (χ2v) is 4.92. The molecule has 0 radical (unpaired) electrons. The van der Waals surface area contributed by atoms with Gasteiger partial charge in [0, 0.05) is 25.5 Å². The fourth-order valence-corrected chi connectivity index (χ4v) is 1.87. The van der Waals surface area contributed by atoms with E-state index in [-0.39, 0.29) is 12.0 Å². The molecule has 0 aliphatic rings. The van der Waals surface area contributed by atoms with Crippen LogP contribution in [-0.4, -0.2) is 42.1 Å². The van der Waals surface area contributed by atoms with E-state index in [1.807, 2.05) is 13.8 Å². The monoisotopic (exact) mass is 257 g/mol. The maximum atomic E-state index is 11.9. The number of nitrogens with two attached hydrogens (primary N) is 1. The first-order valence-corrected chi connectivity index (χ1v) is 6.44. The van der Waals surface area contributed by atoms with Crippen LogP contribution in [0.4, 0.5) is 0 Å². The molecule has 2 N–H and O–H groups in total. The lowest BCUT2D eigenvalue weighted by Crippen LogP contribution is -2.31. The van der Waals surface area contributed by atoms with E-state index in [1.165, 1.54) is 11.3 Å². The van der Waals surface area contributed by atoms with Crippen LogP contribution < -0.4 is 5.73 Å². The zero-order valence-corrected chi connectivity index (χ0v) is 11.3. The molecule has 0 saturated carbocycles. The lowest BCUT2D eigenvalue weighted by molar-refractivity contribution is 0.0529. The van der Waals surface area contributed by atoms with Crippen LogP contribution in [0.2, 0.25) is 0 Å². The first kappa shape index (κ1) is 14.1. The molecule has 6 heteroatoms. The number of nitrogens with zero attached hydrogens (tertiary/aromatic N) is 2. The van der Waals surface area contributed by atoms with Crippen molar-refractivity contribution in [3.8, 4) is 0 Å². The van der Waals surface area contributed by atoms with Gasteiger partial charge in [-0.15, -0.1) is 11.3 Å². The number of likely N-dealkylation sites (N-methyl/N-ethyl adjacent to an activating group) is 1. The van der Waals surface area contributed by atoms with Crippen molar-refractivity contribution in [1.29, 1.82) is 0 Å². The van der Waals surface area contributed by atoms with Crippen LogP contribution in [0.15, 0.2) is 5.38 Å². The van der Waals surface area contributed by atoms with Crippen molar-refractivity contribution in [2.24, 2.45) is 5.73 Å². The van der Waals surface area contributed by atoms with Gasteiger partial charge in [-0.05, 0) is 13.8 Å². The third kappa shape index (κ3) is 4.41. The van der Waals surface area contributed by atoms with Crippen LogP contribution in [0.1, 0.15) is 29.3 Å². The molecule has 1 rings (SSSR count). The number of amides is 1. The fourth-order valence-electron chi connectivity index (χ4n) is 1.23. The summed E-state index contributed by atoms with van der Waals surface area (Å²) in [5.74, 6) is -0.0895. The van der Waals surface area contributed by atoms with Gasteiger partial charge in [0.2, 0.25) is 0 Å². The van der Waals surface area contributed by atoms with Gasteiger partial charge in [0.15, 0.2) is 0 Å². The number of thiazole rings is 1. The topological polar surface area (TPSA) is 68.5 Å². The van der Waals surface area contributed by atoms with Gasteiger partial charge in [0.25, 0.3) is 5.91 Å². The number of carbonyl (C=O) groups is 1. The van der Waals surface area contributed by atoms with E-state index >= 15 is 0 Å². The molecule has 0 aliphatic heterocycles. The molecule has 0 fully saturated rings. The molecule has 0 aliphatic carbocycles. The predicted molar refractivity (Wildman–Crippen MR) is 68.1 cm³/mol. The summed E-state index contributed by atoms with van der Waals surface area (Å²) in [7, 11) is 1.74. The number of hydrogen-bond acceptors (Lipinski definition) is 5. The average molecular weight is 257 g/mol. The van der Waals surface area contributed by atoms with Gasteiger partial charge in [0.1, 0.15) is 10.7 Å². The van der Waals surface area contributed by atoms with Crippen molar-refractivity contribution in [3.05, 3.63) is 16.1 Å². The third-order valence-electron chi connectivity index (χ3n) is 2.17. The molecule has 1 aromatic heterocycles. The molecular weight excluding hydrogens is 238 g/mol. The Hall–Kier alpha value is -0.980. The minimum Gasteiger partial charge on any atom is -0.377 e. The Bertz CT molecular complexity index is 365. The second-order valence-electron chi connectivity index (χ2n) is 3.98. The summed E-state index contributed by atoms with van der Waals surface area (Å²) >= 11 is 1.41. The molecule has 0 unspecified atom stereocenters. The molecule has 0 atom stereocenters. The van der Waals surface area contributed by atoms with Gasteiger partial charge in [-0.2, -0.15) is 0 Å². The molecule has 17 heavy (non-hydrogen) atoms. The molecule has 0 aromatic carbocycles. The normalized spacial score (nSPS) is 10.9. The molecule has 0 spiro atoms. The summed E-state index contributed by atoms with van der Waals surface area (Å²) in [4.78, 5) is 17.7. The number of carbonyl (C=O) groups excluding carboxylic acids is 1. The number of aromatic nitrogens is 1. The summed E-state index contributed by atoms with van der Waals surface area (Å²) in [6, 6.07) is 0. The quantitative estimate of drug-likeness (QED) is 0.828. The highest BCUT2D eigenvalue weighted by Crippen LogP contribution is 2.10. The van der Waals surface area contributed by atoms with E-state index in [9.17, 15) is 4.79 Å². The Labute approximate surface area is 106 Å². The van der Waals surface area contributed by atoms with Crippen molar-refractivity contribution < 1.29 is 9.53 Å². The molecule has 0 saturated heterocycles. The molecular formula is C11H19N3O2S. The van der Waals surface area contributed by atoms with Crippen molar-refractivity contribution in [2.75, 3.05) is 20.2 Å². The first-order valence-electron chi connectivity index (χ1n) is 5.56. The molecule has 0 bridgehead atoms. The largest absolute Gasteiger partial charge is 0.377 e. The first-order chi connectivity index (χ1) is 8.04. The Kier molecular flexibility index (Phi) is 5.54. The van der Waals surface area contributed by atoms with Gasteiger partial charge >= 0.3 is 0 Å². The van der Waals surface area contributed by atoms with E-state index in [0.29, 0.717) is 25.4 Å². The van der Waals surface area contributed by atoms with Crippen LogP contribution in [0, 0.1) is 0 Å². The summed E-state index contributed by atoms with van der Waals surface area (Å²) in [5.41, 5.74) is 5.92. The summed E-state index contributed by atoms with van der Waals surface area (Å²) < 4.78 is 5.39. The lowest BCUT2D eigenvalue weighted by Gasteiger charge is -2.16. The molecule has 96 valence electrons. The highest BCUT2D eigenvalue weighted by molar-refractivity contribution is 7.09. The standard InChI is InChI=1S/C11H19N3O2S/c1-8(2)16-5-4-14(3)11(15)9-7-17-10(6-12)13-9/h7-8H,4-6,12H2,1-3H3. The summed E-state index contributed by atoms with van der Waals surface area (Å²) in [6.07, 6.45) is 0.182. The van der Waals surface area contributed by atoms with Crippen molar-refractivity contribution >= 4 is 17.2 Å². The van der Waals surface area contributed by atoms with E-state index in [1.54, 1.807) is 17.3 Å². The second kappa shape index (κ2) is 6.68. The zero-order chi connectivity index (χ0) is 12.8. The summed E-state index contributed by atoms with van der Waals surface area (Å²) in [6.45, 7) is 5.41. The van der Waals surface area contributed by atoms with E-state index in [0.717, 1.165) is 5.01 Å². The maximum Gasteiger partial charge on any atom is 0.273 e. The van der Waals surface area contributed by atoms with Crippen LogP contribution in [0.25, 0.3) is 0 Å². The van der Waals surface area contributed by atoms with Crippen LogP contribution in [-0.2, 0) is 11.3 Å².